The molecule has 6 heteroatoms. The number of aromatic amines is 1. The van der Waals surface area contributed by atoms with Crippen molar-refractivity contribution in [2.24, 2.45) is 0 Å². The number of aromatic nitrogens is 1. The second kappa shape index (κ2) is 6.37. The highest BCUT2D eigenvalue weighted by Crippen LogP contribution is 2.36. The van der Waals surface area contributed by atoms with Crippen LogP contribution in [0.2, 0.25) is 10.0 Å². The first-order valence-electron chi connectivity index (χ1n) is 7.96. The number of esters is 1. The molecule has 1 aliphatic rings. The Balaban J connectivity index is 1.90. The fourth-order valence-corrected chi connectivity index (χ4v) is 4.08. The van der Waals surface area contributed by atoms with Gasteiger partial charge < -0.3 is 9.72 Å². The molecule has 2 aromatic carbocycles. The van der Waals surface area contributed by atoms with Gasteiger partial charge in [-0.1, -0.05) is 41.4 Å². The van der Waals surface area contributed by atoms with E-state index in [4.69, 9.17) is 27.9 Å². The van der Waals surface area contributed by atoms with Gasteiger partial charge in [-0.3, -0.25) is 10.1 Å². The minimum atomic E-state index is -0.431. The SMILES string of the molecule is COC(=O)[C@H]1Cc2c([nH]c3ccccc23)[C@@H](c2cc(Cl)cc(Cl)c2)N1. The third-order valence-electron chi connectivity index (χ3n) is 4.62. The Hall–Kier alpha value is -2.01. The summed E-state index contributed by atoms with van der Waals surface area (Å²) in [5.74, 6) is -0.283. The van der Waals surface area contributed by atoms with Crippen molar-refractivity contribution in [1.29, 1.82) is 0 Å². The van der Waals surface area contributed by atoms with Gasteiger partial charge in [0.2, 0.25) is 0 Å². The Kier molecular flexibility index (Phi) is 4.20. The van der Waals surface area contributed by atoms with Crippen LogP contribution in [-0.2, 0) is 16.0 Å². The van der Waals surface area contributed by atoms with Gasteiger partial charge in [-0.2, -0.15) is 0 Å². The summed E-state index contributed by atoms with van der Waals surface area (Å²) in [6.07, 6.45) is 0.566. The molecule has 0 fully saturated rings. The molecular formula is C19H16Cl2N2O2. The van der Waals surface area contributed by atoms with Crippen molar-refractivity contribution in [1.82, 2.24) is 10.3 Å². The molecule has 1 aromatic heterocycles. The first-order chi connectivity index (χ1) is 12.1. The molecule has 25 heavy (non-hydrogen) atoms. The van der Waals surface area contributed by atoms with E-state index in [9.17, 15) is 4.79 Å². The van der Waals surface area contributed by atoms with Crippen molar-refractivity contribution in [3.63, 3.8) is 0 Å². The van der Waals surface area contributed by atoms with E-state index < -0.39 is 6.04 Å². The molecule has 0 bridgehead atoms. The van der Waals surface area contributed by atoms with Gasteiger partial charge in [0, 0.05) is 33.1 Å². The summed E-state index contributed by atoms with van der Waals surface area (Å²) in [6, 6.07) is 12.8. The molecule has 0 aliphatic carbocycles. The van der Waals surface area contributed by atoms with Gasteiger partial charge in [0.25, 0.3) is 0 Å². The summed E-state index contributed by atoms with van der Waals surface area (Å²) >= 11 is 12.4. The van der Waals surface area contributed by atoms with E-state index in [1.165, 1.54) is 7.11 Å². The number of rotatable bonds is 2. The molecular weight excluding hydrogens is 359 g/mol. The van der Waals surface area contributed by atoms with E-state index in [2.05, 4.69) is 16.4 Å². The minimum Gasteiger partial charge on any atom is -0.468 e. The molecule has 4 rings (SSSR count). The predicted molar refractivity (Wildman–Crippen MR) is 99.2 cm³/mol. The lowest BCUT2D eigenvalue weighted by molar-refractivity contribution is -0.143. The quantitative estimate of drug-likeness (QED) is 0.659. The number of fused-ring (bicyclic) bond motifs is 3. The van der Waals surface area contributed by atoms with Crippen LogP contribution >= 0.6 is 23.2 Å². The van der Waals surface area contributed by atoms with Crippen LogP contribution in [0.1, 0.15) is 22.9 Å². The van der Waals surface area contributed by atoms with Crippen LogP contribution in [0.4, 0.5) is 0 Å². The van der Waals surface area contributed by atoms with Gasteiger partial charge in [0.15, 0.2) is 0 Å². The Labute approximate surface area is 155 Å². The first-order valence-corrected chi connectivity index (χ1v) is 8.71. The monoisotopic (exact) mass is 374 g/mol. The van der Waals surface area contributed by atoms with E-state index in [1.807, 2.05) is 30.3 Å². The van der Waals surface area contributed by atoms with Crippen LogP contribution < -0.4 is 5.32 Å². The topological polar surface area (TPSA) is 54.1 Å². The van der Waals surface area contributed by atoms with Gasteiger partial charge >= 0.3 is 5.97 Å². The fraction of sp³-hybridized carbons (Fsp3) is 0.211. The van der Waals surface area contributed by atoms with Crippen molar-refractivity contribution < 1.29 is 9.53 Å². The number of carbonyl (C=O) groups is 1. The molecule has 0 radical (unpaired) electrons. The number of halogens is 2. The van der Waals surface area contributed by atoms with Crippen molar-refractivity contribution in [2.45, 2.75) is 18.5 Å². The third kappa shape index (κ3) is 2.91. The number of hydrogen-bond acceptors (Lipinski definition) is 3. The Morgan fingerprint density at radius 2 is 1.88 bits per heavy atom. The number of nitrogens with one attached hydrogen (secondary N) is 2. The number of H-pyrrole nitrogens is 1. The summed E-state index contributed by atoms with van der Waals surface area (Å²) in [6.45, 7) is 0. The summed E-state index contributed by atoms with van der Waals surface area (Å²) in [5, 5.41) is 5.60. The number of methoxy groups -OCH3 is 1. The van der Waals surface area contributed by atoms with Crippen molar-refractivity contribution >= 4 is 40.1 Å². The van der Waals surface area contributed by atoms with Gasteiger partial charge in [-0.15, -0.1) is 0 Å². The molecule has 2 atom stereocenters. The second-order valence-electron chi connectivity index (χ2n) is 6.15. The van der Waals surface area contributed by atoms with Crippen LogP contribution in [0.25, 0.3) is 10.9 Å². The lowest BCUT2D eigenvalue weighted by atomic mass is 9.90. The molecule has 0 spiro atoms. The fourth-order valence-electron chi connectivity index (χ4n) is 3.53. The standard InChI is InChI=1S/C19H16Cl2N2O2/c1-25-19(24)16-9-14-13-4-2-3-5-15(13)22-18(14)17(23-16)10-6-11(20)8-12(21)7-10/h2-8,16-17,22-23H,9H2,1H3/t16-,17-/m1/s1. The maximum atomic E-state index is 12.2. The predicted octanol–water partition coefficient (Wildman–Crippen LogP) is 4.25. The van der Waals surface area contributed by atoms with E-state index in [0.29, 0.717) is 16.5 Å². The van der Waals surface area contributed by atoms with E-state index in [0.717, 1.165) is 27.7 Å². The average molecular weight is 375 g/mol. The zero-order valence-electron chi connectivity index (χ0n) is 13.5. The van der Waals surface area contributed by atoms with Gasteiger partial charge in [0.05, 0.1) is 13.2 Å². The Morgan fingerprint density at radius 3 is 2.60 bits per heavy atom. The summed E-state index contributed by atoms with van der Waals surface area (Å²) in [4.78, 5) is 15.7. The second-order valence-corrected chi connectivity index (χ2v) is 7.02. The number of benzene rings is 2. The van der Waals surface area contributed by atoms with Crippen LogP contribution in [0.3, 0.4) is 0 Å². The molecule has 1 aliphatic heterocycles. The molecule has 128 valence electrons. The van der Waals surface area contributed by atoms with E-state index in [-0.39, 0.29) is 12.0 Å². The first kappa shape index (κ1) is 16.5. The van der Waals surface area contributed by atoms with Gasteiger partial charge in [0.1, 0.15) is 6.04 Å². The smallest absolute Gasteiger partial charge is 0.323 e. The normalized spacial score (nSPS) is 19.6. The molecule has 0 saturated carbocycles. The van der Waals surface area contributed by atoms with E-state index >= 15 is 0 Å². The molecule has 0 unspecified atom stereocenters. The van der Waals surface area contributed by atoms with Crippen molar-refractivity contribution in [3.05, 3.63) is 69.3 Å². The van der Waals surface area contributed by atoms with Crippen molar-refractivity contribution in [3.8, 4) is 0 Å². The zero-order chi connectivity index (χ0) is 17.6. The number of hydrogen-bond donors (Lipinski definition) is 2. The maximum absolute atomic E-state index is 12.2. The van der Waals surface area contributed by atoms with Crippen LogP contribution in [0.15, 0.2) is 42.5 Å². The summed E-state index contributed by atoms with van der Waals surface area (Å²) < 4.78 is 4.96. The molecule has 3 aromatic rings. The molecule has 2 heterocycles. The number of carbonyl (C=O) groups excluding carboxylic acids is 1. The van der Waals surface area contributed by atoms with Crippen LogP contribution in [-0.4, -0.2) is 24.1 Å². The summed E-state index contributed by atoms with van der Waals surface area (Å²) in [7, 11) is 1.40. The molecule has 2 N–H and O–H groups in total. The van der Waals surface area contributed by atoms with Crippen LogP contribution in [0, 0.1) is 0 Å². The van der Waals surface area contributed by atoms with Gasteiger partial charge in [-0.05, 0) is 35.4 Å². The Bertz CT molecular complexity index is 947. The highest BCUT2D eigenvalue weighted by Gasteiger charge is 2.34. The van der Waals surface area contributed by atoms with Crippen molar-refractivity contribution in [2.75, 3.05) is 7.11 Å². The average Bonchev–Trinajstić information content (AvgIpc) is 2.98. The lowest BCUT2D eigenvalue weighted by Gasteiger charge is -2.30. The van der Waals surface area contributed by atoms with Gasteiger partial charge in [-0.25, -0.2) is 0 Å². The maximum Gasteiger partial charge on any atom is 0.323 e. The van der Waals surface area contributed by atoms with E-state index in [1.54, 1.807) is 6.07 Å². The molecule has 4 nitrogen and oxygen atoms in total. The summed E-state index contributed by atoms with van der Waals surface area (Å²) in [5.41, 5.74) is 4.09. The minimum absolute atomic E-state index is 0.226. The Morgan fingerprint density at radius 1 is 1.16 bits per heavy atom. The molecule has 0 amide bonds. The highest BCUT2D eigenvalue weighted by atomic mass is 35.5. The number of para-hydroxylation sites is 1. The zero-order valence-corrected chi connectivity index (χ0v) is 15.0. The lowest BCUT2D eigenvalue weighted by Crippen LogP contribution is -2.45. The highest BCUT2D eigenvalue weighted by molar-refractivity contribution is 6.34. The van der Waals surface area contributed by atoms with Crippen LogP contribution in [0.5, 0.6) is 0 Å². The molecule has 0 saturated heterocycles. The largest absolute Gasteiger partial charge is 0.468 e. The number of ether oxygens (including phenoxy) is 1. The third-order valence-corrected chi connectivity index (χ3v) is 5.05.